The van der Waals surface area contributed by atoms with Crippen LogP contribution in [0.25, 0.3) is 0 Å². The number of ether oxygens (including phenoxy) is 1. The standard InChI is InChI=1S/C14H17ClN2O4/c1-2-5-17(12-8-21-7-10(12)14(19)20)13(18)11-4-3-9(15)6-16-11/h3-4,6,10,12H,2,5,7-8H2,1H3,(H,19,20). The summed E-state index contributed by atoms with van der Waals surface area (Å²) in [5, 5.41) is 9.68. The number of hydrogen-bond donors (Lipinski definition) is 1. The Morgan fingerprint density at radius 3 is 2.81 bits per heavy atom. The van der Waals surface area contributed by atoms with Crippen molar-refractivity contribution < 1.29 is 19.4 Å². The van der Waals surface area contributed by atoms with E-state index in [1.165, 1.54) is 6.20 Å². The van der Waals surface area contributed by atoms with E-state index in [9.17, 15) is 14.7 Å². The molecule has 7 heteroatoms. The molecule has 0 aliphatic carbocycles. The highest BCUT2D eigenvalue weighted by Crippen LogP contribution is 2.22. The topological polar surface area (TPSA) is 79.7 Å². The molecule has 1 amide bonds. The van der Waals surface area contributed by atoms with Crippen LogP contribution in [-0.4, -0.2) is 52.7 Å². The Kier molecular flexibility index (Phi) is 5.14. The first kappa shape index (κ1) is 15.7. The lowest BCUT2D eigenvalue weighted by atomic mass is 10.0. The van der Waals surface area contributed by atoms with Crippen LogP contribution in [0.2, 0.25) is 5.02 Å². The number of halogens is 1. The number of hydrogen-bond acceptors (Lipinski definition) is 4. The summed E-state index contributed by atoms with van der Waals surface area (Å²) >= 11 is 5.76. The number of carbonyl (C=O) groups is 2. The zero-order valence-electron chi connectivity index (χ0n) is 11.7. The van der Waals surface area contributed by atoms with E-state index in [0.717, 1.165) is 6.42 Å². The molecule has 2 unspecified atom stereocenters. The minimum Gasteiger partial charge on any atom is -0.481 e. The summed E-state index contributed by atoms with van der Waals surface area (Å²) < 4.78 is 5.25. The monoisotopic (exact) mass is 312 g/mol. The average molecular weight is 313 g/mol. The first-order valence-electron chi connectivity index (χ1n) is 6.77. The van der Waals surface area contributed by atoms with Gasteiger partial charge < -0.3 is 14.7 Å². The number of carboxylic acid groups (broad SMARTS) is 1. The maximum absolute atomic E-state index is 12.6. The molecule has 1 aromatic rings. The van der Waals surface area contributed by atoms with Gasteiger partial charge in [-0.3, -0.25) is 9.59 Å². The predicted octanol–water partition coefficient (Wildman–Crippen LogP) is 1.69. The molecule has 2 heterocycles. The molecule has 0 saturated carbocycles. The van der Waals surface area contributed by atoms with Crippen LogP contribution < -0.4 is 0 Å². The van der Waals surface area contributed by atoms with E-state index in [-0.39, 0.29) is 24.8 Å². The fourth-order valence-corrected chi connectivity index (χ4v) is 2.51. The van der Waals surface area contributed by atoms with Crippen LogP contribution in [0.4, 0.5) is 0 Å². The van der Waals surface area contributed by atoms with E-state index >= 15 is 0 Å². The summed E-state index contributed by atoms with van der Waals surface area (Å²) in [5.74, 6) is -1.95. The molecule has 0 bridgehead atoms. The van der Waals surface area contributed by atoms with E-state index < -0.39 is 17.9 Å². The maximum Gasteiger partial charge on any atom is 0.311 e. The molecule has 0 aromatic carbocycles. The Labute approximate surface area is 127 Å². The Morgan fingerprint density at radius 2 is 2.24 bits per heavy atom. The van der Waals surface area contributed by atoms with E-state index in [0.29, 0.717) is 11.6 Å². The van der Waals surface area contributed by atoms with Gasteiger partial charge in [0.15, 0.2) is 0 Å². The molecule has 6 nitrogen and oxygen atoms in total. The molecule has 1 saturated heterocycles. The predicted molar refractivity (Wildman–Crippen MR) is 76.3 cm³/mol. The largest absolute Gasteiger partial charge is 0.481 e. The maximum atomic E-state index is 12.6. The van der Waals surface area contributed by atoms with Crippen molar-refractivity contribution in [2.75, 3.05) is 19.8 Å². The van der Waals surface area contributed by atoms with Gasteiger partial charge in [-0.25, -0.2) is 4.98 Å². The van der Waals surface area contributed by atoms with E-state index in [4.69, 9.17) is 16.3 Å². The SMILES string of the molecule is CCCN(C(=O)c1ccc(Cl)cn1)C1COCC1C(=O)O. The van der Waals surface area contributed by atoms with Gasteiger partial charge in [-0.15, -0.1) is 0 Å². The highest BCUT2D eigenvalue weighted by Gasteiger charge is 2.40. The second-order valence-electron chi connectivity index (χ2n) is 4.91. The Bertz CT molecular complexity index is 520. The van der Waals surface area contributed by atoms with Crippen LogP contribution in [0.5, 0.6) is 0 Å². The zero-order chi connectivity index (χ0) is 15.4. The van der Waals surface area contributed by atoms with Crippen molar-refractivity contribution in [3.05, 3.63) is 29.0 Å². The molecular formula is C14H17ClN2O4. The summed E-state index contributed by atoms with van der Waals surface area (Å²) in [7, 11) is 0. The molecule has 1 fully saturated rings. The second kappa shape index (κ2) is 6.87. The Balaban J connectivity index is 2.23. The van der Waals surface area contributed by atoms with Gasteiger partial charge in [0, 0.05) is 12.7 Å². The van der Waals surface area contributed by atoms with Crippen molar-refractivity contribution in [2.45, 2.75) is 19.4 Å². The van der Waals surface area contributed by atoms with Crippen molar-refractivity contribution in [2.24, 2.45) is 5.92 Å². The molecule has 2 rings (SSSR count). The molecule has 114 valence electrons. The minimum absolute atomic E-state index is 0.127. The van der Waals surface area contributed by atoms with Gasteiger partial charge in [-0.1, -0.05) is 18.5 Å². The molecule has 1 N–H and O–H groups in total. The van der Waals surface area contributed by atoms with Crippen LogP contribution in [0.1, 0.15) is 23.8 Å². The molecular weight excluding hydrogens is 296 g/mol. The van der Waals surface area contributed by atoms with Gasteiger partial charge in [0.2, 0.25) is 0 Å². The van der Waals surface area contributed by atoms with Gasteiger partial charge in [0.05, 0.1) is 24.3 Å². The van der Waals surface area contributed by atoms with Crippen molar-refractivity contribution in [1.82, 2.24) is 9.88 Å². The van der Waals surface area contributed by atoms with Crippen molar-refractivity contribution in [3.8, 4) is 0 Å². The van der Waals surface area contributed by atoms with Gasteiger partial charge in [-0.05, 0) is 18.6 Å². The summed E-state index contributed by atoms with van der Waals surface area (Å²) in [4.78, 5) is 29.4. The van der Waals surface area contributed by atoms with Crippen LogP contribution in [-0.2, 0) is 9.53 Å². The highest BCUT2D eigenvalue weighted by molar-refractivity contribution is 6.30. The lowest BCUT2D eigenvalue weighted by Crippen LogP contribution is -2.47. The van der Waals surface area contributed by atoms with Crippen molar-refractivity contribution >= 4 is 23.5 Å². The first-order valence-corrected chi connectivity index (χ1v) is 7.15. The lowest BCUT2D eigenvalue weighted by Gasteiger charge is -2.29. The molecule has 2 atom stereocenters. The quantitative estimate of drug-likeness (QED) is 0.895. The number of carbonyl (C=O) groups excluding carboxylic acids is 1. The van der Waals surface area contributed by atoms with E-state index in [2.05, 4.69) is 4.98 Å². The summed E-state index contributed by atoms with van der Waals surface area (Å²) in [6, 6.07) is 2.66. The zero-order valence-corrected chi connectivity index (χ0v) is 12.4. The third kappa shape index (κ3) is 3.51. The van der Waals surface area contributed by atoms with Gasteiger partial charge in [0.1, 0.15) is 11.6 Å². The number of pyridine rings is 1. The molecule has 21 heavy (non-hydrogen) atoms. The Hall–Kier alpha value is -1.66. The average Bonchev–Trinajstić information content (AvgIpc) is 2.94. The number of aliphatic carboxylic acids is 1. The van der Waals surface area contributed by atoms with Crippen molar-refractivity contribution in [3.63, 3.8) is 0 Å². The van der Waals surface area contributed by atoms with Crippen LogP contribution in [0.3, 0.4) is 0 Å². The highest BCUT2D eigenvalue weighted by atomic mass is 35.5. The van der Waals surface area contributed by atoms with Crippen molar-refractivity contribution in [1.29, 1.82) is 0 Å². The van der Waals surface area contributed by atoms with Crippen LogP contribution in [0.15, 0.2) is 18.3 Å². The second-order valence-corrected chi connectivity index (χ2v) is 5.35. The number of carboxylic acids is 1. The molecule has 1 aliphatic heterocycles. The summed E-state index contributed by atoms with van der Waals surface area (Å²) in [5.41, 5.74) is 0.254. The normalized spacial score (nSPS) is 21.2. The fraction of sp³-hybridized carbons (Fsp3) is 0.500. The number of nitrogens with zero attached hydrogens (tertiary/aromatic N) is 2. The van der Waals surface area contributed by atoms with E-state index in [1.807, 2.05) is 6.92 Å². The third-order valence-corrected chi connectivity index (χ3v) is 3.66. The van der Waals surface area contributed by atoms with Gasteiger partial charge >= 0.3 is 5.97 Å². The fourth-order valence-electron chi connectivity index (χ4n) is 2.39. The molecule has 1 aliphatic rings. The van der Waals surface area contributed by atoms with Gasteiger partial charge in [-0.2, -0.15) is 0 Å². The van der Waals surface area contributed by atoms with E-state index in [1.54, 1.807) is 17.0 Å². The third-order valence-electron chi connectivity index (χ3n) is 3.44. The molecule has 0 radical (unpaired) electrons. The summed E-state index contributed by atoms with van der Waals surface area (Å²) in [6.45, 7) is 2.75. The molecule has 1 aromatic heterocycles. The lowest BCUT2D eigenvalue weighted by molar-refractivity contribution is -0.142. The van der Waals surface area contributed by atoms with Gasteiger partial charge in [0.25, 0.3) is 5.91 Å². The Morgan fingerprint density at radius 1 is 1.48 bits per heavy atom. The number of amides is 1. The van der Waals surface area contributed by atoms with Crippen LogP contribution >= 0.6 is 11.6 Å². The summed E-state index contributed by atoms with van der Waals surface area (Å²) in [6.07, 6.45) is 2.13. The number of aromatic nitrogens is 1. The van der Waals surface area contributed by atoms with Crippen LogP contribution in [0, 0.1) is 5.92 Å². The minimum atomic E-state index is -0.949. The molecule has 0 spiro atoms. The number of rotatable bonds is 5. The first-order chi connectivity index (χ1) is 10.0. The smallest absolute Gasteiger partial charge is 0.311 e.